The van der Waals surface area contributed by atoms with Crippen molar-refractivity contribution < 1.29 is 15.0 Å². The number of amides is 1. The molecule has 25 heavy (non-hydrogen) atoms. The third kappa shape index (κ3) is 3.08. The van der Waals surface area contributed by atoms with Crippen LogP contribution in [0.4, 0.5) is 0 Å². The summed E-state index contributed by atoms with van der Waals surface area (Å²) in [6.45, 7) is 5.11. The maximum atomic E-state index is 12.7. The van der Waals surface area contributed by atoms with Gasteiger partial charge in [0.15, 0.2) is 0 Å². The summed E-state index contributed by atoms with van der Waals surface area (Å²) in [7, 11) is 0. The largest absolute Gasteiger partial charge is 0.396 e. The second-order valence-electron chi connectivity index (χ2n) is 7.76. The minimum atomic E-state index is -0.265. The first kappa shape index (κ1) is 17.0. The number of carbonyl (C=O) groups is 1. The lowest BCUT2D eigenvalue weighted by atomic mass is 9.83. The van der Waals surface area contributed by atoms with E-state index in [0.29, 0.717) is 12.6 Å². The molecule has 1 spiro atoms. The Kier molecular flexibility index (Phi) is 4.54. The number of likely N-dealkylation sites (tertiary alicyclic amines) is 1. The van der Waals surface area contributed by atoms with Crippen LogP contribution >= 0.6 is 0 Å². The molecule has 2 N–H and O–H groups in total. The number of piperazine rings is 1. The molecule has 3 aliphatic rings. The lowest BCUT2D eigenvalue weighted by Crippen LogP contribution is -2.78. The fourth-order valence-electron chi connectivity index (χ4n) is 4.83. The van der Waals surface area contributed by atoms with E-state index in [2.05, 4.69) is 9.80 Å². The maximum absolute atomic E-state index is 12.7. The van der Waals surface area contributed by atoms with Gasteiger partial charge >= 0.3 is 0 Å². The van der Waals surface area contributed by atoms with Crippen molar-refractivity contribution in [3.63, 3.8) is 0 Å². The van der Waals surface area contributed by atoms with Crippen LogP contribution in [0.3, 0.4) is 0 Å². The molecule has 0 radical (unpaired) electrons. The van der Waals surface area contributed by atoms with Crippen molar-refractivity contribution in [3.8, 4) is 0 Å². The number of hydrogen-bond acceptors (Lipinski definition) is 5. The number of rotatable bonds is 4. The van der Waals surface area contributed by atoms with E-state index in [1.165, 1.54) is 0 Å². The molecule has 136 valence electrons. The van der Waals surface area contributed by atoms with Crippen LogP contribution in [0.5, 0.6) is 0 Å². The van der Waals surface area contributed by atoms with Crippen LogP contribution in [0.1, 0.15) is 23.2 Å². The molecule has 3 saturated heterocycles. The van der Waals surface area contributed by atoms with E-state index >= 15 is 0 Å². The molecule has 6 nitrogen and oxygen atoms in total. The SMILES string of the molecule is O=C(c1ccccc1)N1CC2(CN(CCCO)C[C@@H]3C[C@@H](O)CN32)C1. The number of hydrogen-bond donors (Lipinski definition) is 2. The van der Waals surface area contributed by atoms with Crippen LogP contribution in [0.2, 0.25) is 0 Å². The molecule has 0 saturated carbocycles. The minimum absolute atomic E-state index is 0.0414. The van der Waals surface area contributed by atoms with E-state index < -0.39 is 0 Å². The third-order valence-electron chi connectivity index (χ3n) is 5.90. The smallest absolute Gasteiger partial charge is 0.253 e. The normalized spacial score (nSPS) is 28.8. The first-order valence-corrected chi connectivity index (χ1v) is 9.24. The second kappa shape index (κ2) is 6.68. The summed E-state index contributed by atoms with van der Waals surface area (Å²) >= 11 is 0. The van der Waals surface area contributed by atoms with Gasteiger partial charge in [-0.3, -0.25) is 14.6 Å². The molecule has 3 heterocycles. The summed E-state index contributed by atoms with van der Waals surface area (Å²) in [6, 6.07) is 9.80. The Labute approximate surface area is 148 Å². The molecule has 3 aliphatic heterocycles. The van der Waals surface area contributed by atoms with E-state index in [9.17, 15) is 9.90 Å². The van der Waals surface area contributed by atoms with E-state index in [4.69, 9.17) is 5.11 Å². The molecule has 0 aromatic heterocycles. The monoisotopic (exact) mass is 345 g/mol. The minimum Gasteiger partial charge on any atom is -0.396 e. The van der Waals surface area contributed by atoms with Gasteiger partial charge in [0.25, 0.3) is 5.91 Å². The zero-order chi connectivity index (χ0) is 17.4. The van der Waals surface area contributed by atoms with E-state index in [0.717, 1.165) is 51.1 Å². The quantitative estimate of drug-likeness (QED) is 0.805. The Bertz CT molecular complexity index is 618. The van der Waals surface area contributed by atoms with Gasteiger partial charge in [-0.25, -0.2) is 0 Å². The first-order valence-electron chi connectivity index (χ1n) is 9.24. The van der Waals surface area contributed by atoms with Crippen molar-refractivity contribution in [2.75, 3.05) is 45.9 Å². The second-order valence-corrected chi connectivity index (χ2v) is 7.76. The van der Waals surface area contributed by atoms with Crippen molar-refractivity contribution in [1.82, 2.24) is 14.7 Å². The standard InChI is InChI=1S/C19H27N3O3/c23-8-4-7-20-10-16-9-17(24)11-22(16)19(12-20)13-21(14-19)18(25)15-5-2-1-3-6-15/h1-3,5-6,16-17,23-24H,4,7-14H2/t16-,17+/m0/s1. The zero-order valence-corrected chi connectivity index (χ0v) is 14.5. The van der Waals surface area contributed by atoms with E-state index in [1.54, 1.807) is 0 Å². The predicted molar refractivity (Wildman–Crippen MR) is 94.3 cm³/mol. The number of benzene rings is 1. The number of carbonyl (C=O) groups excluding carboxylic acids is 1. The lowest BCUT2D eigenvalue weighted by molar-refractivity contribution is -0.100. The zero-order valence-electron chi connectivity index (χ0n) is 14.5. The summed E-state index contributed by atoms with van der Waals surface area (Å²) in [5, 5.41) is 19.3. The van der Waals surface area contributed by atoms with Crippen LogP contribution in [-0.2, 0) is 0 Å². The summed E-state index contributed by atoms with van der Waals surface area (Å²) in [6.07, 6.45) is 1.32. The molecule has 6 heteroatoms. The molecule has 1 aromatic rings. The third-order valence-corrected chi connectivity index (χ3v) is 5.90. The number of aliphatic hydroxyl groups is 2. The number of nitrogens with zero attached hydrogens (tertiary/aromatic N) is 3. The summed E-state index contributed by atoms with van der Waals surface area (Å²) < 4.78 is 0. The van der Waals surface area contributed by atoms with Gasteiger partial charge in [0.1, 0.15) is 0 Å². The van der Waals surface area contributed by atoms with Gasteiger partial charge < -0.3 is 15.1 Å². The fourth-order valence-corrected chi connectivity index (χ4v) is 4.83. The maximum Gasteiger partial charge on any atom is 0.253 e. The van der Waals surface area contributed by atoms with Crippen LogP contribution in [0.15, 0.2) is 30.3 Å². The Morgan fingerprint density at radius 1 is 1.16 bits per heavy atom. The van der Waals surface area contributed by atoms with Crippen molar-refractivity contribution >= 4 is 5.91 Å². The van der Waals surface area contributed by atoms with Gasteiger partial charge in [-0.15, -0.1) is 0 Å². The highest BCUT2D eigenvalue weighted by Gasteiger charge is 2.56. The first-order chi connectivity index (χ1) is 12.1. The van der Waals surface area contributed by atoms with Crippen molar-refractivity contribution in [2.24, 2.45) is 0 Å². The van der Waals surface area contributed by atoms with Gasteiger partial charge in [0, 0.05) is 57.5 Å². The number of aliphatic hydroxyl groups excluding tert-OH is 2. The number of β-amino-alcohol motifs (C(OH)–C–C–N with tert-alkyl or cyclic N) is 1. The van der Waals surface area contributed by atoms with Crippen LogP contribution < -0.4 is 0 Å². The van der Waals surface area contributed by atoms with Gasteiger partial charge in [0.2, 0.25) is 0 Å². The Balaban J connectivity index is 1.47. The predicted octanol–water partition coefficient (Wildman–Crippen LogP) is 0.0144. The molecule has 0 aliphatic carbocycles. The highest BCUT2D eigenvalue weighted by molar-refractivity contribution is 5.95. The number of fused-ring (bicyclic) bond motifs is 2. The fraction of sp³-hybridized carbons (Fsp3) is 0.632. The van der Waals surface area contributed by atoms with Crippen molar-refractivity contribution in [1.29, 1.82) is 0 Å². The molecule has 0 unspecified atom stereocenters. The molecular weight excluding hydrogens is 318 g/mol. The molecule has 2 atom stereocenters. The summed E-state index contributed by atoms with van der Waals surface area (Å²) in [5.41, 5.74) is 0.698. The summed E-state index contributed by atoms with van der Waals surface area (Å²) in [5.74, 6) is 0.0926. The van der Waals surface area contributed by atoms with Crippen molar-refractivity contribution in [3.05, 3.63) is 35.9 Å². The Morgan fingerprint density at radius 3 is 2.64 bits per heavy atom. The summed E-state index contributed by atoms with van der Waals surface area (Å²) in [4.78, 5) is 19.4. The average Bonchev–Trinajstić information content (AvgIpc) is 2.97. The molecule has 3 fully saturated rings. The molecule has 4 rings (SSSR count). The topological polar surface area (TPSA) is 67.2 Å². The van der Waals surface area contributed by atoms with Crippen LogP contribution in [0, 0.1) is 0 Å². The highest BCUT2D eigenvalue weighted by Crippen LogP contribution is 2.39. The van der Waals surface area contributed by atoms with E-state index in [-0.39, 0.29) is 24.2 Å². The van der Waals surface area contributed by atoms with Gasteiger partial charge in [-0.05, 0) is 25.0 Å². The molecule has 1 amide bonds. The van der Waals surface area contributed by atoms with E-state index in [1.807, 2.05) is 35.2 Å². The molecule has 1 aromatic carbocycles. The van der Waals surface area contributed by atoms with Crippen LogP contribution in [0.25, 0.3) is 0 Å². The highest BCUT2D eigenvalue weighted by atomic mass is 16.3. The van der Waals surface area contributed by atoms with Crippen molar-refractivity contribution in [2.45, 2.75) is 30.5 Å². The van der Waals surface area contributed by atoms with Gasteiger partial charge in [0.05, 0.1) is 11.6 Å². The molecular formula is C19H27N3O3. The van der Waals surface area contributed by atoms with Gasteiger partial charge in [-0.2, -0.15) is 0 Å². The Hall–Kier alpha value is -1.47. The van der Waals surface area contributed by atoms with Crippen LogP contribution in [-0.4, -0.2) is 94.4 Å². The van der Waals surface area contributed by atoms with Gasteiger partial charge in [-0.1, -0.05) is 18.2 Å². The molecule has 0 bridgehead atoms. The average molecular weight is 345 g/mol. The Morgan fingerprint density at radius 2 is 1.92 bits per heavy atom. The lowest BCUT2D eigenvalue weighted by Gasteiger charge is -2.61.